The molecule has 0 aliphatic carbocycles. The minimum Gasteiger partial charge on any atom is -0.490 e. The van der Waals surface area contributed by atoms with Crippen molar-refractivity contribution in [2.45, 2.75) is 25.9 Å². The minimum absolute atomic E-state index is 0.00112. The number of carboxylic acids is 2. The molecule has 332 valence electrons. The molecule has 0 fully saturated rings. The molecular weight excluding hydrogens is 841 g/mol. The average molecular weight is 885 g/mol. The molecule has 0 aliphatic heterocycles. The zero-order valence-corrected chi connectivity index (χ0v) is 35.9. The summed E-state index contributed by atoms with van der Waals surface area (Å²) >= 11 is 0. The van der Waals surface area contributed by atoms with Crippen molar-refractivity contribution < 1.29 is 53.1 Å². The Balaban J connectivity index is 0.868. The summed E-state index contributed by atoms with van der Waals surface area (Å²) < 4.78 is 28.4. The molecule has 0 unspecified atom stereocenters. The molecule has 0 atom stereocenters. The molecule has 13 heteroatoms. The highest BCUT2D eigenvalue weighted by molar-refractivity contribution is 6.11. The van der Waals surface area contributed by atoms with E-state index in [0.717, 1.165) is 16.9 Å². The van der Waals surface area contributed by atoms with Gasteiger partial charge in [0.2, 0.25) is 0 Å². The van der Waals surface area contributed by atoms with E-state index in [9.17, 15) is 24.6 Å². The van der Waals surface area contributed by atoms with Crippen molar-refractivity contribution in [3.63, 3.8) is 0 Å². The van der Waals surface area contributed by atoms with Gasteiger partial charge >= 0.3 is 11.9 Å². The van der Waals surface area contributed by atoms with E-state index in [0.29, 0.717) is 52.3 Å². The van der Waals surface area contributed by atoms with Crippen molar-refractivity contribution in [3.05, 3.63) is 197 Å². The fraction of sp³-hybridized carbons (Fsp3) is 0.113. The lowest BCUT2D eigenvalue weighted by Crippen LogP contribution is -2.18. The molecule has 0 aromatic heterocycles. The average Bonchev–Trinajstić information content (AvgIpc) is 3.32. The van der Waals surface area contributed by atoms with Crippen LogP contribution >= 0.6 is 0 Å². The number of para-hydroxylation sites is 1. The van der Waals surface area contributed by atoms with Crippen LogP contribution in [-0.2, 0) is 16.9 Å². The standard InChI is InChI=1S/C53H44N2O11/c1-4-61-45-28-29-47(49(33-45)52(59)60)50(56)54-38-15-24-43(25-16-38)65-41-20-11-36(12-21-41)53(2,3)37-13-22-42(23-14-37)66-44-26-17-39(18-27-44)55-64-34-35-10-19-46(32-48(35)51(57)58)63-31-30-62-40-8-6-5-7-9-40/h1,5-29,32-33,55H,30-31,34H2,2-3H3,(H,54,56)(H,57,58)(H,59,60). The molecule has 1 amide bonds. The maximum absolute atomic E-state index is 12.9. The molecule has 66 heavy (non-hydrogen) atoms. The van der Waals surface area contributed by atoms with E-state index >= 15 is 0 Å². The second-order valence-electron chi connectivity index (χ2n) is 15.1. The first-order valence-electron chi connectivity index (χ1n) is 20.6. The quantitative estimate of drug-likeness (QED) is 0.0325. The summed E-state index contributed by atoms with van der Waals surface area (Å²) in [4.78, 5) is 42.3. The Morgan fingerprint density at radius 3 is 1.58 bits per heavy atom. The van der Waals surface area contributed by atoms with Crippen LogP contribution in [0.3, 0.4) is 0 Å². The third-order valence-corrected chi connectivity index (χ3v) is 10.3. The first-order valence-corrected chi connectivity index (χ1v) is 20.6. The van der Waals surface area contributed by atoms with Gasteiger partial charge in [0.05, 0.1) is 22.4 Å². The van der Waals surface area contributed by atoms with Crippen LogP contribution < -0.4 is 34.5 Å². The van der Waals surface area contributed by atoms with Gasteiger partial charge < -0.3 is 39.2 Å². The third kappa shape index (κ3) is 11.8. The summed E-state index contributed by atoms with van der Waals surface area (Å²) in [6, 6.07) is 47.7. The largest absolute Gasteiger partial charge is 0.490 e. The Kier molecular flexibility index (Phi) is 14.5. The number of hydrogen-bond acceptors (Lipinski definition) is 10. The molecule has 0 saturated carbocycles. The fourth-order valence-corrected chi connectivity index (χ4v) is 6.75. The highest BCUT2D eigenvalue weighted by Crippen LogP contribution is 2.35. The summed E-state index contributed by atoms with van der Waals surface area (Å²) in [5.41, 5.74) is 6.01. The van der Waals surface area contributed by atoms with Crippen molar-refractivity contribution >= 4 is 29.2 Å². The first-order chi connectivity index (χ1) is 31.9. The number of carboxylic acid groups (broad SMARTS) is 2. The number of carbonyl (C=O) groups excluding carboxylic acids is 1. The van der Waals surface area contributed by atoms with E-state index in [-0.39, 0.29) is 41.1 Å². The monoisotopic (exact) mass is 884 g/mol. The van der Waals surface area contributed by atoms with E-state index in [2.05, 4.69) is 24.6 Å². The van der Waals surface area contributed by atoms with Gasteiger partial charge in [-0.1, -0.05) is 68.8 Å². The number of aromatic carboxylic acids is 2. The second kappa shape index (κ2) is 21.1. The number of hydrogen-bond donors (Lipinski definition) is 4. The smallest absolute Gasteiger partial charge is 0.336 e. The van der Waals surface area contributed by atoms with Gasteiger partial charge in [-0.2, -0.15) is 0 Å². The molecule has 0 aliphatic rings. The molecule has 13 nitrogen and oxygen atoms in total. The van der Waals surface area contributed by atoms with Crippen LogP contribution in [0.5, 0.6) is 40.2 Å². The van der Waals surface area contributed by atoms with Crippen LogP contribution in [0.1, 0.15) is 61.6 Å². The van der Waals surface area contributed by atoms with Crippen molar-refractivity contribution in [1.82, 2.24) is 0 Å². The Morgan fingerprint density at radius 2 is 1.03 bits per heavy atom. The zero-order valence-electron chi connectivity index (χ0n) is 35.9. The lowest BCUT2D eigenvalue weighted by atomic mass is 9.78. The SMILES string of the molecule is C#COc1ccc(C(=O)Nc2ccc(Oc3ccc(C(C)(C)c4ccc(Oc5ccc(NOCc6ccc(OCCOc7ccccc7)cc6C(=O)O)cc5)cc4)cc3)cc2)c(C(=O)O)c1. The number of amides is 1. The molecule has 0 saturated heterocycles. The summed E-state index contributed by atoms with van der Waals surface area (Å²) in [6.07, 6.45) is 7.11. The van der Waals surface area contributed by atoms with E-state index < -0.39 is 17.8 Å². The maximum atomic E-state index is 12.9. The summed E-state index contributed by atoms with van der Waals surface area (Å²) in [6.45, 7) is 4.83. The van der Waals surface area contributed by atoms with Gasteiger partial charge in [-0.15, -0.1) is 0 Å². The van der Waals surface area contributed by atoms with E-state index in [1.54, 1.807) is 60.7 Å². The van der Waals surface area contributed by atoms with Gasteiger partial charge in [0.1, 0.15) is 66.2 Å². The third-order valence-electron chi connectivity index (χ3n) is 10.3. The molecule has 7 aromatic carbocycles. The molecule has 0 radical (unpaired) electrons. The predicted octanol–water partition coefficient (Wildman–Crippen LogP) is 11.2. The Morgan fingerprint density at radius 1 is 0.545 bits per heavy atom. The molecule has 0 bridgehead atoms. The van der Waals surface area contributed by atoms with Crippen molar-refractivity contribution in [1.29, 1.82) is 0 Å². The van der Waals surface area contributed by atoms with Crippen LogP contribution in [0.25, 0.3) is 0 Å². The van der Waals surface area contributed by atoms with Crippen LogP contribution in [0, 0.1) is 12.5 Å². The molecule has 4 N–H and O–H groups in total. The topological polar surface area (TPSA) is 171 Å². The summed E-state index contributed by atoms with van der Waals surface area (Å²) in [5.74, 6) is 0.730. The molecule has 0 heterocycles. The number of carbonyl (C=O) groups is 3. The van der Waals surface area contributed by atoms with Gasteiger partial charge in [-0.25, -0.2) is 9.59 Å². The molecule has 7 aromatic rings. The lowest BCUT2D eigenvalue weighted by molar-refractivity contribution is 0.0682. The van der Waals surface area contributed by atoms with Gasteiger partial charge in [0.25, 0.3) is 5.91 Å². The van der Waals surface area contributed by atoms with Gasteiger partial charge in [0, 0.05) is 11.1 Å². The normalized spacial score (nSPS) is 10.8. The Hall–Kier alpha value is -8.73. The lowest BCUT2D eigenvalue weighted by Gasteiger charge is -2.26. The summed E-state index contributed by atoms with van der Waals surface area (Å²) in [5, 5.41) is 22.1. The number of benzene rings is 7. The van der Waals surface area contributed by atoms with Crippen LogP contribution in [0.2, 0.25) is 0 Å². The number of nitrogens with one attached hydrogen (secondary N) is 2. The highest BCUT2D eigenvalue weighted by Gasteiger charge is 2.24. The van der Waals surface area contributed by atoms with E-state index in [1.165, 1.54) is 24.3 Å². The number of anilines is 2. The van der Waals surface area contributed by atoms with E-state index in [1.807, 2.05) is 85.0 Å². The Bertz CT molecular complexity index is 2820. The fourth-order valence-electron chi connectivity index (χ4n) is 6.75. The number of terminal acetylenes is 1. The van der Waals surface area contributed by atoms with Crippen molar-refractivity contribution in [2.75, 3.05) is 24.0 Å². The molecule has 0 spiro atoms. The Labute approximate surface area is 381 Å². The van der Waals surface area contributed by atoms with Crippen LogP contribution in [-0.4, -0.2) is 41.3 Å². The van der Waals surface area contributed by atoms with Gasteiger partial charge in [-0.05, 0) is 132 Å². The van der Waals surface area contributed by atoms with Crippen LogP contribution in [0.4, 0.5) is 11.4 Å². The zero-order chi connectivity index (χ0) is 46.5. The van der Waals surface area contributed by atoms with Crippen LogP contribution in [0.15, 0.2) is 164 Å². The maximum Gasteiger partial charge on any atom is 0.336 e. The first kappa shape index (κ1) is 45.3. The number of ether oxygens (including phenoxy) is 5. The van der Waals surface area contributed by atoms with Gasteiger partial charge in [-0.3, -0.25) is 15.1 Å². The predicted molar refractivity (Wildman–Crippen MR) is 248 cm³/mol. The highest BCUT2D eigenvalue weighted by atomic mass is 16.6. The molecular formula is C53H44N2O11. The number of rotatable bonds is 20. The van der Waals surface area contributed by atoms with Gasteiger partial charge in [0.15, 0.2) is 0 Å². The summed E-state index contributed by atoms with van der Waals surface area (Å²) in [7, 11) is 0. The van der Waals surface area contributed by atoms with Crippen molar-refractivity contribution in [2.24, 2.45) is 0 Å². The van der Waals surface area contributed by atoms with E-state index in [4.69, 9.17) is 34.9 Å². The van der Waals surface area contributed by atoms with Crippen molar-refractivity contribution in [3.8, 4) is 52.8 Å². The second-order valence-corrected chi connectivity index (χ2v) is 15.1. The molecule has 7 rings (SSSR count). The minimum atomic E-state index is -1.29.